The van der Waals surface area contributed by atoms with Crippen molar-refractivity contribution in [2.45, 2.75) is 34.6 Å². The van der Waals surface area contributed by atoms with E-state index in [9.17, 15) is 9.18 Å². The first-order chi connectivity index (χ1) is 9.75. The van der Waals surface area contributed by atoms with Gasteiger partial charge in [0.1, 0.15) is 5.82 Å². The van der Waals surface area contributed by atoms with Crippen molar-refractivity contribution in [1.29, 1.82) is 0 Å². The Hall–Kier alpha value is -2.16. The van der Waals surface area contributed by atoms with E-state index in [1.54, 1.807) is 6.07 Å². The Kier molecular flexibility index (Phi) is 3.86. The summed E-state index contributed by atoms with van der Waals surface area (Å²) >= 11 is 0. The Morgan fingerprint density at radius 3 is 1.86 bits per heavy atom. The van der Waals surface area contributed by atoms with Crippen molar-refractivity contribution < 1.29 is 9.18 Å². The lowest BCUT2D eigenvalue weighted by Gasteiger charge is -2.18. The third kappa shape index (κ3) is 2.44. The maximum Gasteiger partial charge on any atom is 0.193 e. The van der Waals surface area contributed by atoms with Gasteiger partial charge in [-0.15, -0.1) is 0 Å². The summed E-state index contributed by atoms with van der Waals surface area (Å²) in [6.45, 7) is 9.96. The standard InChI is InChI=1S/C18H20FNO/c1-9-10(2)12(4)17(13(5)11(9)3)18(21)14-6-7-16(20)15(19)8-14/h6-8H,20H2,1-5H3. The minimum absolute atomic E-state index is 0.0521. The van der Waals surface area contributed by atoms with Gasteiger partial charge in [0.05, 0.1) is 5.69 Å². The SMILES string of the molecule is Cc1c(C)c(C)c(C(=O)c2ccc(N)c(F)c2)c(C)c1C. The molecular weight excluding hydrogens is 265 g/mol. The molecule has 0 aliphatic heterocycles. The highest BCUT2D eigenvalue weighted by atomic mass is 19.1. The van der Waals surface area contributed by atoms with E-state index >= 15 is 0 Å². The van der Waals surface area contributed by atoms with Crippen LogP contribution >= 0.6 is 0 Å². The molecule has 110 valence electrons. The number of hydrogen-bond donors (Lipinski definition) is 1. The van der Waals surface area contributed by atoms with Crippen LogP contribution in [-0.4, -0.2) is 5.78 Å². The van der Waals surface area contributed by atoms with Crippen LogP contribution in [0.15, 0.2) is 18.2 Å². The summed E-state index contributed by atoms with van der Waals surface area (Å²) in [5.74, 6) is -0.716. The molecule has 0 saturated carbocycles. The Bertz CT molecular complexity index is 718. The number of nitrogens with two attached hydrogens (primary N) is 1. The zero-order valence-corrected chi connectivity index (χ0v) is 13.1. The Labute approximate surface area is 124 Å². The first-order valence-corrected chi connectivity index (χ1v) is 6.92. The molecule has 0 aliphatic carbocycles. The van der Waals surface area contributed by atoms with E-state index in [4.69, 9.17) is 5.73 Å². The number of ketones is 1. The van der Waals surface area contributed by atoms with Crippen LogP contribution < -0.4 is 5.73 Å². The van der Waals surface area contributed by atoms with E-state index < -0.39 is 5.82 Å². The van der Waals surface area contributed by atoms with E-state index in [0.29, 0.717) is 11.1 Å². The average molecular weight is 285 g/mol. The summed E-state index contributed by atoms with van der Waals surface area (Å²) in [4.78, 5) is 12.8. The summed E-state index contributed by atoms with van der Waals surface area (Å²) in [5, 5.41) is 0. The van der Waals surface area contributed by atoms with Crippen LogP contribution in [0.1, 0.15) is 43.7 Å². The zero-order chi connectivity index (χ0) is 15.9. The normalized spacial score (nSPS) is 10.8. The van der Waals surface area contributed by atoms with Crippen LogP contribution in [0.4, 0.5) is 10.1 Å². The van der Waals surface area contributed by atoms with Gasteiger partial charge >= 0.3 is 0 Å². The summed E-state index contributed by atoms with van der Waals surface area (Å²) in [7, 11) is 0. The minimum Gasteiger partial charge on any atom is -0.396 e. The van der Waals surface area contributed by atoms with Crippen molar-refractivity contribution in [1.82, 2.24) is 0 Å². The molecule has 0 amide bonds. The van der Waals surface area contributed by atoms with Gasteiger partial charge in [-0.2, -0.15) is 0 Å². The van der Waals surface area contributed by atoms with Crippen LogP contribution in [0.5, 0.6) is 0 Å². The smallest absolute Gasteiger partial charge is 0.193 e. The van der Waals surface area contributed by atoms with E-state index in [-0.39, 0.29) is 11.5 Å². The van der Waals surface area contributed by atoms with Gasteiger partial charge in [-0.05, 0) is 80.6 Å². The number of rotatable bonds is 2. The third-order valence-corrected chi connectivity index (χ3v) is 4.49. The van der Waals surface area contributed by atoms with Crippen molar-refractivity contribution in [3.63, 3.8) is 0 Å². The maximum absolute atomic E-state index is 13.6. The van der Waals surface area contributed by atoms with E-state index in [1.165, 1.54) is 17.7 Å². The van der Waals surface area contributed by atoms with Crippen molar-refractivity contribution >= 4 is 11.5 Å². The predicted molar refractivity (Wildman–Crippen MR) is 84.4 cm³/mol. The first kappa shape index (κ1) is 15.2. The predicted octanol–water partition coefficient (Wildman–Crippen LogP) is 4.18. The molecule has 0 radical (unpaired) electrons. The number of nitrogen functional groups attached to an aromatic ring is 1. The van der Waals surface area contributed by atoms with Crippen molar-refractivity contribution in [2.75, 3.05) is 5.73 Å². The molecular formula is C18H20FNO. The summed E-state index contributed by atoms with van der Waals surface area (Å²) in [6.07, 6.45) is 0. The molecule has 0 bridgehead atoms. The van der Waals surface area contributed by atoms with E-state index in [0.717, 1.165) is 22.3 Å². The molecule has 2 aromatic rings. The third-order valence-electron chi connectivity index (χ3n) is 4.49. The highest BCUT2D eigenvalue weighted by molar-refractivity contribution is 6.11. The van der Waals surface area contributed by atoms with E-state index in [2.05, 4.69) is 6.92 Å². The van der Waals surface area contributed by atoms with Crippen molar-refractivity contribution in [3.05, 3.63) is 63.0 Å². The second-order valence-corrected chi connectivity index (χ2v) is 5.57. The Balaban J connectivity index is 2.66. The second kappa shape index (κ2) is 5.32. The largest absolute Gasteiger partial charge is 0.396 e. The molecule has 2 nitrogen and oxygen atoms in total. The zero-order valence-electron chi connectivity index (χ0n) is 13.1. The summed E-state index contributed by atoms with van der Waals surface area (Å²) < 4.78 is 13.6. The van der Waals surface area contributed by atoms with Crippen LogP contribution in [0.3, 0.4) is 0 Å². The molecule has 0 atom stereocenters. The van der Waals surface area contributed by atoms with Gasteiger partial charge in [-0.3, -0.25) is 4.79 Å². The minimum atomic E-state index is -0.559. The van der Waals surface area contributed by atoms with Crippen LogP contribution in [-0.2, 0) is 0 Å². The van der Waals surface area contributed by atoms with Gasteiger partial charge in [0.15, 0.2) is 5.78 Å². The number of halogens is 1. The fourth-order valence-electron chi connectivity index (χ4n) is 2.65. The fourth-order valence-corrected chi connectivity index (χ4v) is 2.65. The molecule has 0 heterocycles. The summed E-state index contributed by atoms with van der Waals surface area (Å²) in [5.41, 5.74) is 11.8. The molecule has 0 aliphatic rings. The van der Waals surface area contributed by atoms with Crippen LogP contribution in [0.25, 0.3) is 0 Å². The molecule has 2 N–H and O–H groups in total. The quantitative estimate of drug-likeness (QED) is 0.664. The molecule has 0 fully saturated rings. The lowest BCUT2D eigenvalue weighted by atomic mass is 9.86. The molecule has 2 aromatic carbocycles. The fraction of sp³-hybridized carbons (Fsp3) is 0.278. The highest BCUT2D eigenvalue weighted by Crippen LogP contribution is 2.28. The van der Waals surface area contributed by atoms with Crippen molar-refractivity contribution in [2.24, 2.45) is 0 Å². The highest BCUT2D eigenvalue weighted by Gasteiger charge is 2.20. The average Bonchev–Trinajstić information content (AvgIpc) is 2.46. The Morgan fingerprint density at radius 2 is 1.38 bits per heavy atom. The van der Waals surface area contributed by atoms with Crippen molar-refractivity contribution in [3.8, 4) is 0 Å². The molecule has 0 aromatic heterocycles. The molecule has 21 heavy (non-hydrogen) atoms. The van der Waals surface area contributed by atoms with Gasteiger partial charge in [0.2, 0.25) is 0 Å². The monoisotopic (exact) mass is 285 g/mol. The first-order valence-electron chi connectivity index (χ1n) is 6.92. The number of benzene rings is 2. The lowest BCUT2D eigenvalue weighted by molar-refractivity contribution is 0.103. The molecule has 0 spiro atoms. The number of hydrogen-bond acceptors (Lipinski definition) is 2. The second-order valence-electron chi connectivity index (χ2n) is 5.57. The molecule has 2 rings (SSSR count). The number of carbonyl (C=O) groups excluding carboxylic acids is 1. The topological polar surface area (TPSA) is 43.1 Å². The molecule has 3 heteroatoms. The number of carbonyl (C=O) groups is 1. The van der Waals surface area contributed by atoms with Crippen LogP contribution in [0, 0.1) is 40.4 Å². The van der Waals surface area contributed by atoms with Gasteiger partial charge in [0, 0.05) is 11.1 Å². The Morgan fingerprint density at radius 1 is 0.905 bits per heavy atom. The maximum atomic E-state index is 13.6. The van der Waals surface area contributed by atoms with Gasteiger partial charge in [0.25, 0.3) is 0 Å². The van der Waals surface area contributed by atoms with Gasteiger partial charge in [-0.1, -0.05) is 0 Å². The molecule has 0 saturated heterocycles. The summed E-state index contributed by atoms with van der Waals surface area (Å²) in [6, 6.07) is 4.21. The number of anilines is 1. The van der Waals surface area contributed by atoms with Crippen LogP contribution in [0.2, 0.25) is 0 Å². The van der Waals surface area contributed by atoms with Gasteiger partial charge in [-0.25, -0.2) is 4.39 Å². The lowest BCUT2D eigenvalue weighted by Crippen LogP contribution is -2.11. The molecule has 0 unspecified atom stereocenters. The van der Waals surface area contributed by atoms with E-state index in [1.807, 2.05) is 27.7 Å². The van der Waals surface area contributed by atoms with Gasteiger partial charge < -0.3 is 5.73 Å².